The van der Waals surface area contributed by atoms with Crippen molar-refractivity contribution >= 4 is 5.91 Å². The van der Waals surface area contributed by atoms with Gasteiger partial charge in [-0.1, -0.05) is 0 Å². The highest BCUT2D eigenvalue weighted by Crippen LogP contribution is 2.36. The van der Waals surface area contributed by atoms with Gasteiger partial charge in [0, 0.05) is 19.6 Å². The van der Waals surface area contributed by atoms with Crippen molar-refractivity contribution in [2.75, 3.05) is 19.6 Å². The highest BCUT2D eigenvalue weighted by Gasteiger charge is 2.47. The number of hydrogen-bond acceptors (Lipinski definition) is 3. The lowest BCUT2D eigenvalue weighted by atomic mass is 9.86. The van der Waals surface area contributed by atoms with Crippen molar-refractivity contribution in [3.05, 3.63) is 0 Å². The normalized spacial score (nSPS) is 33.9. The summed E-state index contributed by atoms with van der Waals surface area (Å²) in [6.45, 7) is 2.14. The Kier molecular flexibility index (Phi) is 1.47. The molecule has 1 amide bonds. The second-order valence-electron chi connectivity index (χ2n) is 3.56. The van der Waals surface area contributed by atoms with Gasteiger partial charge in [-0.15, -0.1) is 0 Å². The van der Waals surface area contributed by atoms with E-state index in [0.717, 1.165) is 25.9 Å². The van der Waals surface area contributed by atoms with Crippen LogP contribution in [0.4, 0.5) is 0 Å². The van der Waals surface area contributed by atoms with E-state index in [1.165, 1.54) is 0 Å². The lowest BCUT2D eigenvalue weighted by Gasteiger charge is -2.17. The summed E-state index contributed by atoms with van der Waals surface area (Å²) in [5.74, 6) is 0.139. The molecular formula is C8H11N3O. The molecule has 2 saturated heterocycles. The fourth-order valence-electron chi connectivity index (χ4n) is 2.06. The van der Waals surface area contributed by atoms with Gasteiger partial charge in [-0.2, -0.15) is 5.26 Å². The van der Waals surface area contributed by atoms with Crippen molar-refractivity contribution in [2.45, 2.75) is 12.8 Å². The van der Waals surface area contributed by atoms with Crippen molar-refractivity contribution in [3.8, 4) is 6.19 Å². The Labute approximate surface area is 71.1 Å². The second kappa shape index (κ2) is 2.37. The van der Waals surface area contributed by atoms with Crippen LogP contribution in [0.3, 0.4) is 0 Å². The van der Waals surface area contributed by atoms with Crippen molar-refractivity contribution in [1.29, 1.82) is 5.26 Å². The zero-order chi connectivity index (χ0) is 8.60. The third-order valence-electron chi connectivity index (χ3n) is 2.87. The monoisotopic (exact) mass is 165 g/mol. The molecule has 4 heteroatoms. The Balaban J connectivity index is 2.15. The first kappa shape index (κ1) is 7.41. The molecular weight excluding hydrogens is 154 g/mol. The summed E-state index contributed by atoms with van der Waals surface area (Å²) in [6.07, 6.45) is 3.82. The first-order valence-corrected chi connectivity index (χ1v) is 4.20. The number of likely N-dealkylation sites (tertiary alicyclic amines) is 1. The average molecular weight is 165 g/mol. The van der Waals surface area contributed by atoms with Gasteiger partial charge < -0.3 is 10.2 Å². The van der Waals surface area contributed by atoms with Crippen LogP contribution < -0.4 is 5.32 Å². The van der Waals surface area contributed by atoms with Gasteiger partial charge in [-0.3, -0.25) is 4.79 Å². The van der Waals surface area contributed by atoms with E-state index in [1.54, 1.807) is 4.90 Å². The minimum Gasteiger partial charge on any atom is -0.356 e. The number of nitrogens with zero attached hydrogens (tertiary/aromatic N) is 2. The van der Waals surface area contributed by atoms with Gasteiger partial charge >= 0.3 is 0 Å². The minimum absolute atomic E-state index is 0.139. The molecule has 0 aromatic heterocycles. The summed E-state index contributed by atoms with van der Waals surface area (Å²) in [5.41, 5.74) is -0.226. The summed E-state index contributed by atoms with van der Waals surface area (Å²) in [5, 5.41) is 11.5. The van der Waals surface area contributed by atoms with E-state index >= 15 is 0 Å². The van der Waals surface area contributed by atoms with Gasteiger partial charge in [-0.25, -0.2) is 0 Å². The summed E-state index contributed by atoms with van der Waals surface area (Å²) < 4.78 is 0. The van der Waals surface area contributed by atoms with Gasteiger partial charge in [0.15, 0.2) is 6.19 Å². The van der Waals surface area contributed by atoms with Gasteiger partial charge in [-0.05, 0) is 12.8 Å². The Morgan fingerprint density at radius 2 is 2.42 bits per heavy atom. The van der Waals surface area contributed by atoms with E-state index in [9.17, 15) is 4.79 Å². The van der Waals surface area contributed by atoms with Crippen molar-refractivity contribution in [1.82, 2.24) is 10.2 Å². The SMILES string of the molecule is N#CN1CCC2(CCNC2=O)C1. The van der Waals surface area contributed by atoms with Crippen LogP contribution in [-0.2, 0) is 4.79 Å². The molecule has 0 radical (unpaired) electrons. The molecule has 1 N–H and O–H groups in total. The molecule has 2 aliphatic heterocycles. The molecule has 0 aliphatic carbocycles. The van der Waals surface area contributed by atoms with Crippen LogP contribution in [0.25, 0.3) is 0 Å². The smallest absolute Gasteiger partial charge is 0.228 e. The molecule has 1 spiro atoms. The molecule has 64 valence electrons. The highest BCUT2D eigenvalue weighted by atomic mass is 16.2. The number of carbonyl (C=O) groups is 1. The van der Waals surface area contributed by atoms with Crippen LogP contribution in [-0.4, -0.2) is 30.4 Å². The summed E-state index contributed by atoms with van der Waals surface area (Å²) in [7, 11) is 0. The van der Waals surface area contributed by atoms with E-state index in [1.807, 2.05) is 0 Å². The summed E-state index contributed by atoms with van der Waals surface area (Å²) in [4.78, 5) is 13.1. The van der Waals surface area contributed by atoms with E-state index in [0.29, 0.717) is 6.54 Å². The van der Waals surface area contributed by atoms with E-state index < -0.39 is 0 Å². The fraction of sp³-hybridized carbons (Fsp3) is 0.750. The number of nitrogens with one attached hydrogen (secondary N) is 1. The molecule has 2 heterocycles. The maximum Gasteiger partial charge on any atom is 0.228 e. The van der Waals surface area contributed by atoms with Crippen LogP contribution in [0, 0.1) is 16.9 Å². The van der Waals surface area contributed by atoms with Crippen molar-refractivity contribution < 1.29 is 4.79 Å². The van der Waals surface area contributed by atoms with Gasteiger partial charge in [0.1, 0.15) is 0 Å². The lowest BCUT2D eigenvalue weighted by molar-refractivity contribution is -0.126. The quantitative estimate of drug-likeness (QED) is 0.500. The third kappa shape index (κ3) is 0.860. The maximum absolute atomic E-state index is 11.4. The van der Waals surface area contributed by atoms with E-state index in [4.69, 9.17) is 5.26 Å². The van der Waals surface area contributed by atoms with Crippen molar-refractivity contribution in [3.63, 3.8) is 0 Å². The van der Waals surface area contributed by atoms with Crippen LogP contribution in [0.2, 0.25) is 0 Å². The molecule has 4 nitrogen and oxygen atoms in total. The molecule has 12 heavy (non-hydrogen) atoms. The third-order valence-corrected chi connectivity index (χ3v) is 2.87. The van der Waals surface area contributed by atoms with Gasteiger partial charge in [0.2, 0.25) is 5.91 Å². The van der Waals surface area contributed by atoms with Crippen molar-refractivity contribution in [2.24, 2.45) is 5.41 Å². The number of amides is 1. The zero-order valence-electron chi connectivity index (χ0n) is 6.84. The summed E-state index contributed by atoms with van der Waals surface area (Å²) >= 11 is 0. The minimum atomic E-state index is -0.226. The molecule has 0 bridgehead atoms. The fourth-order valence-corrected chi connectivity index (χ4v) is 2.06. The Bertz CT molecular complexity index is 258. The first-order valence-electron chi connectivity index (χ1n) is 4.20. The highest BCUT2D eigenvalue weighted by molar-refractivity contribution is 5.85. The Hall–Kier alpha value is -1.24. The molecule has 2 rings (SSSR count). The second-order valence-corrected chi connectivity index (χ2v) is 3.56. The van der Waals surface area contributed by atoms with E-state index in [-0.39, 0.29) is 11.3 Å². The maximum atomic E-state index is 11.4. The predicted molar refractivity (Wildman–Crippen MR) is 41.9 cm³/mol. The number of rotatable bonds is 0. The number of nitriles is 1. The predicted octanol–water partition coefficient (Wildman–Crippen LogP) is -0.321. The molecule has 0 aromatic carbocycles. The number of hydrogen-bond donors (Lipinski definition) is 1. The average Bonchev–Trinajstić information content (AvgIpc) is 2.63. The molecule has 0 aromatic rings. The molecule has 1 atom stereocenters. The Morgan fingerprint density at radius 1 is 1.58 bits per heavy atom. The topological polar surface area (TPSA) is 56.1 Å². The molecule has 1 unspecified atom stereocenters. The zero-order valence-corrected chi connectivity index (χ0v) is 6.84. The lowest BCUT2D eigenvalue weighted by Crippen LogP contribution is -2.33. The van der Waals surface area contributed by atoms with Crippen LogP contribution >= 0.6 is 0 Å². The molecule has 2 aliphatic rings. The standard InChI is InChI=1S/C8H11N3O/c9-6-11-4-2-8(5-11)1-3-10-7(8)12/h1-5H2,(H,10,12). The Morgan fingerprint density at radius 3 is 2.92 bits per heavy atom. The van der Waals surface area contributed by atoms with Crippen LogP contribution in [0.1, 0.15) is 12.8 Å². The first-order chi connectivity index (χ1) is 5.77. The van der Waals surface area contributed by atoms with Crippen LogP contribution in [0.15, 0.2) is 0 Å². The van der Waals surface area contributed by atoms with Gasteiger partial charge in [0.05, 0.1) is 5.41 Å². The van der Waals surface area contributed by atoms with E-state index in [2.05, 4.69) is 11.5 Å². The summed E-state index contributed by atoms with van der Waals surface area (Å²) in [6, 6.07) is 0. The molecule has 0 saturated carbocycles. The largest absolute Gasteiger partial charge is 0.356 e. The van der Waals surface area contributed by atoms with Gasteiger partial charge in [0.25, 0.3) is 0 Å². The number of carbonyl (C=O) groups excluding carboxylic acids is 1. The van der Waals surface area contributed by atoms with Crippen LogP contribution in [0.5, 0.6) is 0 Å². The molecule has 2 fully saturated rings.